The molecule has 1 aromatic heterocycles. The van der Waals surface area contributed by atoms with Crippen molar-refractivity contribution in [3.05, 3.63) is 40.1 Å². The van der Waals surface area contributed by atoms with Gasteiger partial charge in [-0.3, -0.25) is 10.1 Å². The zero-order valence-corrected chi connectivity index (χ0v) is 8.78. The number of anilines is 1. The number of aryl methyl sites for hydroxylation is 1. The highest BCUT2D eigenvalue weighted by atomic mass is 16.6. The highest BCUT2D eigenvalue weighted by molar-refractivity contribution is 5.56. The fourth-order valence-electron chi connectivity index (χ4n) is 1.06. The number of pyridine rings is 1. The van der Waals surface area contributed by atoms with Crippen LogP contribution >= 0.6 is 0 Å². The summed E-state index contributed by atoms with van der Waals surface area (Å²) in [5.74, 6) is 0.294. The van der Waals surface area contributed by atoms with Crippen molar-refractivity contribution in [1.82, 2.24) is 4.98 Å². The van der Waals surface area contributed by atoms with Gasteiger partial charge in [0.1, 0.15) is 0 Å². The highest BCUT2D eigenvalue weighted by Crippen LogP contribution is 2.21. The van der Waals surface area contributed by atoms with Crippen LogP contribution in [0, 0.1) is 17.0 Å². The van der Waals surface area contributed by atoms with Gasteiger partial charge in [0.25, 0.3) is 0 Å². The van der Waals surface area contributed by atoms with Crippen LogP contribution in [0.25, 0.3) is 0 Å². The Hall–Kier alpha value is -1.91. The van der Waals surface area contributed by atoms with Crippen molar-refractivity contribution in [2.75, 3.05) is 11.9 Å². The first-order chi connectivity index (χ1) is 7.00. The first-order valence-electron chi connectivity index (χ1n) is 4.51. The minimum absolute atomic E-state index is 0.0122. The maximum Gasteiger partial charge on any atom is 0.311 e. The Bertz CT molecular complexity index is 402. The number of nitrogens with zero attached hydrogens (tertiary/aromatic N) is 2. The third-order valence-corrected chi connectivity index (χ3v) is 1.77. The molecule has 1 aromatic rings. The van der Waals surface area contributed by atoms with Crippen LogP contribution in [0.2, 0.25) is 0 Å². The third kappa shape index (κ3) is 3.05. The van der Waals surface area contributed by atoms with E-state index in [1.54, 1.807) is 13.0 Å². The van der Waals surface area contributed by atoms with E-state index in [0.29, 0.717) is 12.4 Å². The molecular weight excluding hydrogens is 194 g/mol. The molecule has 0 spiro atoms. The number of hydrogen-bond acceptors (Lipinski definition) is 4. The second-order valence-electron chi connectivity index (χ2n) is 3.39. The molecule has 0 radical (unpaired) electrons. The predicted octanol–water partition coefficient (Wildman–Crippen LogP) is 2.29. The van der Waals surface area contributed by atoms with Gasteiger partial charge in [-0.1, -0.05) is 12.2 Å². The van der Waals surface area contributed by atoms with E-state index in [0.717, 1.165) is 11.3 Å². The van der Waals surface area contributed by atoms with Crippen LogP contribution in [0.5, 0.6) is 0 Å². The molecule has 0 unspecified atom stereocenters. The molecule has 0 saturated heterocycles. The molecule has 15 heavy (non-hydrogen) atoms. The minimum Gasteiger partial charge on any atom is -0.361 e. The Morgan fingerprint density at radius 2 is 2.33 bits per heavy atom. The second-order valence-corrected chi connectivity index (χ2v) is 3.39. The van der Waals surface area contributed by atoms with E-state index >= 15 is 0 Å². The Morgan fingerprint density at radius 1 is 1.67 bits per heavy atom. The van der Waals surface area contributed by atoms with Crippen molar-refractivity contribution in [2.24, 2.45) is 0 Å². The van der Waals surface area contributed by atoms with Gasteiger partial charge in [-0.2, -0.15) is 0 Å². The molecule has 0 saturated carbocycles. The summed E-state index contributed by atoms with van der Waals surface area (Å²) >= 11 is 0. The summed E-state index contributed by atoms with van der Waals surface area (Å²) < 4.78 is 0. The van der Waals surface area contributed by atoms with E-state index in [1.165, 1.54) is 6.07 Å². The zero-order chi connectivity index (χ0) is 11.4. The minimum atomic E-state index is -0.451. The molecule has 5 nitrogen and oxygen atoms in total. The first kappa shape index (κ1) is 11.2. The molecule has 0 aromatic carbocycles. The number of nitrogens with one attached hydrogen (secondary N) is 1. The maximum absolute atomic E-state index is 10.7. The van der Waals surface area contributed by atoms with Gasteiger partial charge in [-0.15, -0.1) is 0 Å². The molecule has 0 aliphatic rings. The van der Waals surface area contributed by atoms with E-state index in [2.05, 4.69) is 16.9 Å². The van der Waals surface area contributed by atoms with Gasteiger partial charge in [0, 0.05) is 18.3 Å². The fraction of sp³-hybridized carbons (Fsp3) is 0.300. The summed E-state index contributed by atoms with van der Waals surface area (Å²) in [7, 11) is 0. The standard InChI is InChI=1S/C10H13N3O2/c1-7(2)6-11-10-9(13(14)15)5-4-8(3)12-10/h4-5H,1,6H2,2-3H3,(H,11,12). The molecule has 0 amide bonds. The van der Waals surface area contributed by atoms with Crippen LogP contribution in [0.3, 0.4) is 0 Å². The molecule has 0 aliphatic carbocycles. The average Bonchev–Trinajstić information content (AvgIpc) is 2.14. The SMILES string of the molecule is C=C(C)CNc1nc(C)ccc1[N+](=O)[O-]. The highest BCUT2D eigenvalue weighted by Gasteiger charge is 2.14. The average molecular weight is 207 g/mol. The van der Waals surface area contributed by atoms with Crippen molar-refractivity contribution in [3.63, 3.8) is 0 Å². The van der Waals surface area contributed by atoms with Crippen molar-refractivity contribution < 1.29 is 4.92 Å². The fourth-order valence-corrected chi connectivity index (χ4v) is 1.06. The summed E-state index contributed by atoms with van der Waals surface area (Å²) in [6.07, 6.45) is 0. The van der Waals surface area contributed by atoms with Gasteiger partial charge >= 0.3 is 5.69 Å². The predicted molar refractivity (Wildman–Crippen MR) is 58.9 cm³/mol. The van der Waals surface area contributed by atoms with Crippen LogP contribution in [-0.2, 0) is 0 Å². The molecule has 1 N–H and O–H groups in total. The van der Waals surface area contributed by atoms with E-state index in [1.807, 2.05) is 6.92 Å². The molecule has 5 heteroatoms. The Kier molecular flexibility index (Phi) is 3.38. The summed E-state index contributed by atoms with van der Waals surface area (Å²) in [4.78, 5) is 14.3. The van der Waals surface area contributed by atoms with Gasteiger partial charge in [-0.25, -0.2) is 4.98 Å². The Morgan fingerprint density at radius 3 is 2.87 bits per heavy atom. The lowest BCUT2D eigenvalue weighted by atomic mass is 10.3. The van der Waals surface area contributed by atoms with Crippen LogP contribution in [0.4, 0.5) is 11.5 Å². The van der Waals surface area contributed by atoms with Gasteiger partial charge < -0.3 is 5.32 Å². The van der Waals surface area contributed by atoms with E-state index in [4.69, 9.17) is 0 Å². The van der Waals surface area contributed by atoms with Crippen LogP contribution < -0.4 is 5.32 Å². The van der Waals surface area contributed by atoms with Crippen molar-refractivity contribution in [1.29, 1.82) is 0 Å². The van der Waals surface area contributed by atoms with E-state index < -0.39 is 4.92 Å². The quantitative estimate of drug-likeness (QED) is 0.467. The molecule has 0 fully saturated rings. The monoisotopic (exact) mass is 207 g/mol. The summed E-state index contributed by atoms with van der Waals surface area (Å²) in [5, 5.41) is 13.6. The molecule has 80 valence electrons. The number of aromatic nitrogens is 1. The number of hydrogen-bond donors (Lipinski definition) is 1. The smallest absolute Gasteiger partial charge is 0.311 e. The van der Waals surface area contributed by atoms with E-state index in [9.17, 15) is 10.1 Å². The molecule has 1 rings (SSSR count). The van der Waals surface area contributed by atoms with Gasteiger partial charge in [0.05, 0.1) is 4.92 Å². The van der Waals surface area contributed by atoms with Crippen molar-refractivity contribution in [3.8, 4) is 0 Å². The summed E-state index contributed by atoms with van der Waals surface area (Å²) in [6, 6.07) is 3.06. The molecule has 0 atom stereocenters. The lowest BCUT2D eigenvalue weighted by Crippen LogP contribution is -2.07. The largest absolute Gasteiger partial charge is 0.361 e. The maximum atomic E-state index is 10.7. The third-order valence-electron chi connectivity index (χ3n) is 1.77. The van der Waals surface area contributed by atoms with Crippen LogP contribution in [0.1, 0.15) is 12.6 Å². The Labute approximate surface area is 88.0 Å². The summed E-state index contributed by atoms with van der Waals surface area (Å²) in [5.41, 5.74) is 1.62. The van der Waals surface area contributed by atoms with Crippen LogP contribution in [-0.4, -0.2) is 16.5 Å². The number of rotatable bonds is 4. The normalized spacial score (nSPS) is 9.73. The van der Waals surface area contributed by atoms with Crippen molar-refractivity contribution >= 4 is 11.5 Å². The molecule has 0 bridgehead atoms. The van der Waals surface area contributed by atoms with Gasteiger partial charge in [0.15, 0.2) is 0 Å². The topological polar surface area (TPSA) is 68.1 Å². The first-order valence-corrected chi connectivity index (χ1v) is 4.51. The van der Waals surface area contributed by atoms with Crippen LogP contribution in [0.15, 0.2) is 24.3 Å². The van der Waals surface area contributed by atoms with E-state index in [-0.39, 0.29) is 5.69 Å². The van der Waals surface area contributed by atoms with Gasteiger partial charge in [-0.05, 0) is 19.9 Å². The van der Waals surface area contributed by atoms with Crippen molar-refractivity contribution in [2.45, 2.75) is 13.8 Å². The zero-order valence-electron chi connectivity index (χ0n) is 8.78. The van der Waals surface area contributed by atoms with Gasteiger partial charge in [0.2, 0.25) is 5.82 Å². The Balaban J connectivity index is 2.96. The molecule has 0 aliphatic heterocycles. The summed E-state index contributed by atoms with van der Waals surface area (Å²) in [6.45, 7) is 7.82. The molecule has 1 heterocycles. The second kappa shape index (κ2) is 4.54. The number of nitro groups is 1. The lowest BCUT2D eigenvalue weighted by Gasteiger charge is -2.06. The molecular formula is C10H13N3O2. The lowest BCUT2D eigenvalue weighted by molar-refractivity contribution is -0.384.